The van der Waals surface area contributed by atoms with Gasteiger partial charge in [-0.15, -0.1) is 0 Å². The van der Waals surface area contributed by atoms with Crippen molar-refractivity contribution in [1.29, 1.82) is 0 Å². The smallest absolute Gasteiger partial charge is 0.129 e. The van der Waals surface area contributed by atoms with Crippen molar-refractivity contribution in [3.05, 3.63) is 82.2 Å². The summed E-state index contributed by atoms with van der Waals surface area (Å²) in [7, 11) is 0. The first-order valence-corrected chi connectivity index (χ1v) is 8.44. The predicted octanol–water partition coefficient (Wildman–Crippen LogP) is 5.89. The van der Waals surface area contributed by atoms with Gasteiger partial charge in [-0.25, -0.2) is 13.2 Å². The van der Waals surface area contributed by atoms with E-state index in [9.17, 15) is 13.2 Å². The van der Waals surface area contributed by atoms with Gasteiger partial charge in [-0.2, -0.15) is 0 Å². The molecule has 0 bridgehead atoms. The largest absolute Gasteiger partial charge is 0.207 e. The van der Waals surface area contributed by atoms with E-state index in [0.717, 1.165) is 24.0 Å². The van der Waals surface area contributed by atoms with E-state index in [1.54, 1.807) is 6.07 Å². The third-order valence-corrected chi connectivity index (χ3v) is 4.78. The molecule has 1 aliphatic carbocycles. The summed E-state index contributed by atoms with van der Waals surface area (Å²) in [6.45, 7) is 1.92. The number of rotatable bonds is 4. The Kier molecular flexibility index (Phi) is 5.08. The Morgan fingerprint density at radius 3 is 2.50 bits per heavy atom. The van der Waals surface area contributed by atoms with Crippen molar-refractivity contribution in [3.8, 4) is 0 Å². The fourth-order valence-electron chi connectivity index (χ4n) is 3.56. The first-order chi connectivity index (χ1) is 11.6. The van der Waals surface area contributed by atoms with E-state index in [4.69, 9.17) is 0 Å². The van der Waals surface area contributed by atoms with E-state index in [1.807, 2.05) is 19.1 Å². The average molecular weight is 330 g/mol. The molecule has 0 nitrogen and oxygen atoms in total. The van der Waals surface area contributed by atoms with Gasteiger partial charge in [-0.3, -0.25) is 0 Å². The fraction of sp³-hybridized carbons (Fsp3) is 0.333. The van der Waals surface area contributed by atoms with E-state index in [0.29, 0.717) is 24.8 Å². The van der Waals surface area contributed by atoms with Crippen LogP contribution in [0.25, 0.3) is 0 Å². The molecule has 0 heterocycles. The highest BCUT2D eigenvalue weighted by Crippen LogP contribution is 2.36. The molecule has 0 aliphatic heterocycles. The van der Waals surface area contributed by atoms with Gasteiger partial charge in [0.15, 0.2) is 0 Å². The van der Waals surface area contributed by atoms with Crippen molar-refractivity contribution in [3.63, 3.8) is 0 Å². The van der Waals surface area contributed by atoms with E-state index in [1.165, 1.54) is 24.3 Å². The van der Waals surface area contributed by atoms with E-state index >= 15 is 0 Å². The summed E-state index contributed by atoms with van der Waals surface area (Å²) in [6.07, 6.45) is 7.20. The maximum atomic E-state index is 14.5. The summed E-state index contributed by atoms with van der Waals surface area (Å²) in [6, 6.07) is 7.60. The van der Waals surface area contributed by atoms with E-state index < -0.39 is 11.6 Å². The molecule has 0 saturated heterocycles. The maximum Gasteiger partial charge on any atom is 0.129 e. The van der Waals surface area contributed by atoms with Gasteiger partial charge in [0.25, 0.3) is 0 Å². The molecule has 24 heavy (non-hydrogen) atoms. The molecule has 1 aliphatic rings. The van der Waals surface area contributed by atoms with Gasteiger partial charge in [-0.05, 0) is 85.9 Å². The minimum Gasteiger partial charge on any atom is -0.207 e. The molecule has 1 unspecified atom stereocenters. The summed E-state index contributed by atoms with van der Waals surface area (Å²) in [5.74, 6) is -1.48. The average Bonchev–Trinajstić information content (AvgIpc) is 2.54. The molecule has 0 N–H and O–H groups in total. The van der Waals surface area contributed by atoms with Crippen LogP contribution in [0.3, 0.4) is 0 Å². The van der Waals surface area contributed by atoms with Crippen LogP contribution < -0.4 is 0 Å². The maximum absolute atomic E-state index is 14.5. The lowest BCUT2D eigenvalue weighted by Crippen LogP contribution is -2.16. The van der Waals surface area contributed by atoms with Gasteiger partial charge in [0, 0.05) is 5.56 Å². The molecule has 3 heteroatoms. The first-order valence-electron chi connectivity index (χ1n) is 8.44. The first kappa shape index (κ1) is 16.8. The summed E-state index contributed by atoms with van der Waals surface area (Å²) >= 11 is 0. The molecule has 0 amide bonds. The van der Waals surface area contributed by atoms with Crippen LogP contribution in [0.15, 0.2) is 42.5 Å². The highest BCUT2D eigenvalue weighted by molar-refractivity contribution is 5.36. The Balaban J connectivity index is 1.84. The van der Waals surface area contributed by atoms with Gasteiger partial charge in [-0.1, -0.05) is 18.2 Å². The molecule has 2 aromatic rings. The molecule has 0 aromatic heterocycles. The van der Waals surface area contributed by atoms with Crippen LogP contribution in [0.1, 0.15) is 47.9 Å². The zero-order chi connectivity index (χ0) is 17.1. The van der Waals surface area contributed by atoms with Crippen molar-refractivity contribution in [1.82, 2.24) is 0 Å². The summed E-state index contributed by atoms with van der Waals surface area (Å²) < 4.78 is 42.5. The van der Waals surface area contributed by atoms with E-state index in [2.05, 4.69) is 0 Å². The van der Waals surface area contributed by atoms with Gasteiger partial charge in [0.1, 0.15) is 17.5 Å². The van der Waals surface area contributed by atoms with Crippen molar-refractivity contribution in [2.24, 2.45) is 0 Å². The van der Waals surface area contributed by atoms with Crippen LogP contribution in [0.2, 0.25) is 0 Å². The lowest BCUT2D eigenvalue weighted by Gasteiger charge is -2.26. The topological polar surface area (TPSA) is 0 Å². The van der Waals surface area contributed by atoms with Crippen molar-refractivity contribution >= 4 is 0 Å². The lowest BCUT2D eigenvalue weighted by molar-refractivity contribution is 0.488. The van der Waals surface area contributed by atoms with Gasteiger partial charge in [0.05, 0.1) is 0 Å². The molecular weight excluding hydrogens is 309 g/mol. The van der Waals surface area contributed by atoms with Crippen LogP contribution in [0.5, 0.6) is 0 Å². The summed E-state index contributed by atoms with van der Waals surface area (Å²) in [5, 5.41) is 0. The molecule has 0 radical (unpaired) electrons. The van der Waals surface area contributed by atoms with Crippen molar-refractivity contribution < 1.29 is 13.2 Å². The zero-order valence-corrected chi connectivity index (χ0v) is 13.8. The summed E-state index contributed by atoms with van der Waals surface area (Å²) in [5.41, 5.74) is 2.77. The molecule has 2 aromatic carbocycles. The lowest BCUT2D eigenvalue weighted by atomic mass is 9.79. The molecule has 3 rings (SSSR count). The number of aryl methyl sites for hydroxylation is 2. The highest BCUT2D eigenvalue weighted by Gasteiger charge is 2.26. The fourth-order valence-corrected chi connectivity index (χ4v) is 3.56. The zero-order valence-electron chi connectivity index (χ0n) is 13.8. The molecule has 126 valence electrons. The van der Waals surface area contributed by atoms with Crippen LogP contribution >= 0.6 is 0 Å². The Labute approximate surface area is 141 Å². The Hall–Kier alpha value is -2.03. The van der Waals surface area contributed by atoms with Crippen molar-refractivity contribution in [2.45, 2.75) is 44.9 Å². The number of halogens is 3. The Bertz CT molecular complexity index is 739. The second-order valence-electron chi connectivity index (χ2n) is 6.43. The second kappa shape index (κ2) is 7.25. The molecule has 0 spiro atoms. The molecule has 1 atom stereocenters. The van der Waals surface area contributed by atoms with Crippen LogP contribution in [0, 0.1) is 17.5 Å². The minimum atomic E-state index is -0.477. The Morgan fingerprint density at radius 1 is 1.04 bits per heavy atom. The predicted molar refractivity (Wildman–Crippen MR) is 90.7 cm³/mol. The van der Waals surface area contributed by atoms with Gasteiger partial charge >= 0.3 is 0 Å². The summed E-state index contributed by atoms with van der Waals surface area (Å²) in [4.78, 5) is 0. The molecule has 0 fully saturated rings. The monoisotopic (exact) mass is 330 g/mol. The number of fused-ring (bicyclic) bond motifs is 1. The number of hydrogen-bond donors (Lipinski definition) is 0. The molecular formula is C21H21F3. The second-order valence-corrected chi connectivity index (χ2v) is 6.43. The van der Waals surface area contributed by atoms with Crippen LogP contribution in [-0.2, 0) is 19.3 Å². The van der Waals surface area contributed by atoms with Crippen LogP contribution in [-0.4, -0.2) is 0 Å². The highest BCUT2D eigenvalue weighted by atomic mass is 19.1. The minimum absolute atomic E-state index is 0.152. The standard InChI is InChI=1S/C21H21F3/c1-2-3-4-5-14-10-19(23)21(20(24)11-14)16-7-6-15-8-9-18(22)13-17(15)12-16/h2-3,8-11,13,16H,4-7,12H2,1H3/b3-2+. The normalized spacial score (nSPS) is 17.2. The van der Waals surface area contributed by atoms with Crippen molar-refractivity contribution in [2.75, 3.05) is 0 Å². The van der Waals surface area contributed by atoms with Crippen LogP contribution in [0.4, 0.5) is 13.2 Å². The number of hydrogen-bond acceptors (Lipinski definition) is 0. The molecule has 0 saturated carbocycles. The van der Waals surface area contributed by atoms with Gasteiger partial charge in [0.2, 0.25) is 0 Å². The number of benzene rings is 2. The number of allylic oxidation sites excluding steroid dienone is 2. The Morgan fingerprint density at radius 2 is 1.79 bits per heavy atom. The van der Waals surface area contributed by atoms with E-state index in [-0.39, 0.29) is 17.3 Å². The SMILES string of the molecule is C/C=C/CCc1cc(F)c(C2CCc3ccc(F)cc3C2)c(F)c1. The third kappa shape index (κ3) is 3.55. The quantitative estimate of drug-likeness (QED) is 0.614. The third-order valence-electron chi connectivity index (χ3n) is 4.78. The van der Waals surface area contributed by atoms with Gasteiger partial charge < -0.3 is 0 Å².